The summed E-state index contributed by atoms with van der Waals surface area (Å²) in [5.41, 5.74) is 4.83. The van der Waals surface area contributed by atoms with Gasteiger partial charge in [-0.05, 0) is 55.1 Å². The normalized spacial score (nSPS) is 17.7. The molecule has 0 spiro atoms. The highest BCUT2D eigenvalue weighted by molar-refractivity contribution is 5.77. The first-order valence-electron chi connectivity index (χ1n) is 12.0. The highest BCUT2D eigenvalue weighted by atomic mass is 16.6. The maximum atomic E-state index is 13.3. The summed E-state index contributed by atoms with van der Waals surface area (Å²) in [4.78, 5) is 26.9. The summed E-state index contributed by atoms with van der Waals surface area (Å²) in [7, 11) is 0. The lowest BCUT2D eigenvalue weighted by atomic mass is 10.0. The molecule has 7 rings (SSSR count). The van der Waals surface area contributed by atoms with E-state index in [0.717, 1.165) is 43.7 Å². The fourth-order valence-electron chi connectivity index (χ4n) is 4.69. The van der Waals surface area contributed by atoms with Crippen molar-refractivity contribution in [3.05, 3.63) is 64.2 Å². The summed E-state index contributed by atoms with van der Waals surface area (Å²) in [5.74, 6) is 0.952. The number of fused-ring (bicyclic) bond motifs is 2. The van der Waals surface area contributed by atoms with Crippen molar-refractivity contribution in [3.8, 4) is 11.6 Å². The summed E-state index contributed by atoms with van der Waals surface area (Å²) in [5, 5.41) is 7.22. The van der Waals surface area contributed by atoms with E-state index in [1.807, 2.05) is 22.9 Å². The summed E-state index contributed by atoms with van der Waals surface area (Å²) < 4.78 is 14.8. The highest BCUT2D eigenvalue weighted by Crippen LogP contribution is 2.36. The molecule has 1 saturated carbocycles. The van der Waals surface area contributed by atoms with Crippen LogP contribution in [0.2, 0.25) is 0 Å². The molecule has 35 heavy (non-hydrogen) atoms. The van der Waals surface area contributed by atoms with E-state index in [1.54, 1.807) is 17.1 Å². The number of aromatic nitrogens is 5. The van der Waals surface area contributed by atoms with Crippen molar-refractivity contribution in [1.29, 1.82) is 0 Å². The molecule has 3 aliphatic rings. The molecule has 5 heterocycles. The number of ether oxygens (including phenoxy) is 2. The van der Waals surface area contributed by atoms with Crippen LogP contribution in [-0.2, 0) is 17.7 Å². The van der Waals surface area contributed by atoms with Gasteiger partial charge in [-0.15, -0.1) is 0 Å². The van der Waals surface area contributed by atoms with Crippen molar-refractivity contribution in [2.45, 2.75) is 38.0 Å². The lowest BCUT2D eigenvalue weighted by molar-refractivity contribution is -0.0813. The minimum Gasteiger partial charge on any atom is -0.469 e. The van der Waals surface area contributed by atoms with Gasteiger partial charge in [0.2, 0.25) is 11.8 Å². The molecule has 1 aromatic carbocycles. The zero-order chi connectivity index (χ0) is 23.4. The Morgan fingerprint density at radius 1 is 1.11 bits per heavy atom. The lowest BCUT2D eigenvalue weighted by Crippen LogP contribution is -2.38. The number of pyridine rings is 1. The topological polar surface area (TPSA) is 108 Å². The minimum atomic E-state index is -0.0815. The van der Waals surface area contributed by atoms with Crippen LogP contribution in [0.3, 0.4) is 0 Å². The van der Waals surface area contributed by atoms with Crippen LogP contribution in [0.15, 0.2) is 47.5 Å². The molecule has 4 aromatic rings. The Balaban J connectivity index is 1.29. The second-order valence-corrected chi connectivity index (χ2v) is 9.29. The molecule has 0 amide bonds. The fraction of sp³-hybridized carbons (Fsp3) is 0.360. The van der Waals surface area contributed by atoms with Crippen LogP contribution in [0.1, 0.15) is 30.0 Å². The van der Waals surface area contributed by atoms with E-state index in [9.17, 15) is 4.79 Å². The SMILES string of the molecule is O=c1c2cnc(Nc3ccc4c(c3)CCNC4)nc2n(-c2ccnc(OC3COC3)c2)n1C1CC1. The second-order valence-electron chi connectivity index (χ2n) is 9.29. The van der Waals surface area contributed by atoms with Gasteiger partial charge in [0.1, 0.15) is 11.5 Å². The average Bonchev–Trinajstić information content (AvgIpc) is 3.65. The van der Waals surface area contributed by atoms with E-state index in [0.29, 0.717) is 36.1 Å². The fourth-order valence-corrected chi connectivity index (χ4v) is 4.69. The van der Waals surface area contributed by atoms with E-state index >= 15 is 0 Å². The molecule has 1 aliphatic carbocycles. The van der Waals surface area contributed by atoms with Crippen molar-refractivity contribution >= 4 is 22.7 Å². The summed E-state index contributed by atoms with van der Waals surface area (Å²) in [6, 6.07) is 10.2. The number of nitrogens with one attached hydrogen (secondary N) is 2. The largest absolute Gasteiger partial charge is 0.469 e. The predicted molar refractivity (Wildman–Crippen MR) is 130 cm³/mol. The Hall–Kier alpha value is -3.76. The molecule has 0 bridgehead atoms. The molecule has 10 nitrogen and oxygen atoms in total. The molecule has 2 N–H and O–H groups in total. The monoisotopic (exact) mass is 471 g/mol. The van der Waals surface area contributed by atoms with Crippen LogP contribution in [0.5, 0.6) is 5.88 Å². The smallest absolute Gasteiger partial charge is 0.278 e. The van der Waals surface area contributed by atoms with E-state index in [2.05, 4.69) is 32.7 Å². The van der Waals surface area contributed by atoms with Crippen molar-refractivity contribution in [2.24, 2.45) is 0 Å². The first-order valence-corrected chi connectivity index (χ1v) is 12.0. The predicted octanol–water partition coefficient (Wildman–Crippen LogP) is 2.48. The third-order valence-electron chi connectivity index (χ3n) is 6.72. The molecule has 0 unspecified atom stereocenters. The Kier molecular flexibility index (Phi) is 4.81. The van der Waals surface area contributed by atoms with Crippen LogP contribution in [-0.4, -0.2) is 50.2 Å². The number of hydrogen-bond acceptors (Lipinski definition) is 8. The maximum absolute atomic E-state index is 13.3. The average molecular weight is 472 g/mol. The number of nitrogens with zero attached hydrogens (tertiary/aromatic N) is 5. The molecular weight excluding hydrogens is 446 g/mol. The summed E-state index contributed by atoms with van der Waals surface area (Å²) in [6.07, 6.45) is 6.25. The minimum absolute atomic E-state index is 0.00954. The Labute approximate surface area is 200 Å². The number of hydrogen-bond donors (Lipinski definition) is 2. The van der Waals surface area contributed by atoms with E-state index in [4.69, 9.17) is 14.5 Å². The number of benzene rings is 1. The first kappa shape index (κ1) is 20.6. The highest BCUT2D eigenvalue weighted by Gasteiger charge is 2.31. The zero-order valence-electron chi connectivity index (χ0n) is 19.1. The molecule has 10 heteroatoms. The molecular formula is C25H25N7O3. The van der Waals surface area contributed by atoms with Crippen LogP contribution in [0, 0.1) is 0 Å². The van der Waals surface area contributed by atoms with Gasteiger partial charge >= 0.3 is 0 Å². The molecule has 1 saturated heterocycles. The van der Waals surface area contributed by atoms with Crippen LogP contribution in [0.4, 0.5) is 11.6 Å². The Morgan fingerprint density at radius 2 is 2.03 bits per heavy atom. The molecule has 2 aliphatic heterocycles. The third-order valence-corrected chi connectivity index (χ3v) is 6.72. The van der Waals surface area contributed by atoms with Crippen molar-refractivity contribution in [2.75, 3.05) is 25.1 Å². The van der Waals surface area contributed by atoms with Crippen LogP contribution >= 0.6 is 0 Å². The van der Waals surface area contributed by atoms with E-state index in [1.165, 1.54) is 11.1 Å². The van der Waals surface area contributed by atoms with Gasteiger partial charge < -0.3 is 20.1 Å². The van der Waals surface area contributed by atoms with Gasteiger partial charge in [0.15, 0.2) is 5.65 Å². The number of rotatable bonds is 6. The third kappa shape index (κ3) is 3.75. The van der Waals surface area contributed by atoms with Crippen molar-refractivity contribution in [1.82, 2.24) is 29.6 Å². The standard InChI is InChI=1S/C25H25N7O3/c33-24-21-12-28-25(29-17-2-1-16-11-26-7-5-15(16)9-17)30-23(21)31(32(24)18-3-4-18)19-6-8-27-22(10-19)35-20-13-34-14-20/h1-2,6,8-10,12,18,20,26H,3-5,7,11,13-14H2,(H,28,29,30). The van der Waals surface area contributed by atoms with Crippen LogP contribution < -0.4 is 20.9 Å². The zero-order valence-corrected chi connectivity index (χ0v) is 19.1. The summed E-state index contributed by atoms with van der Waals surface area (Å²) in [6.45, 7) is 2.99. The van der Waals surface area contributed by atoms with Gasteiger partial charge in [-0.2, -0.15) is 4.98 Å². The Morgan fingerprint density at radius 3 is 2.86 bits per heavy atom. The van der Waals surface area contributed by atoms with Gasteiger partial charge in [-0.3, -0.25) is 4.79 Å². The van der Waals surface area contributed by atoms with Crippen molar-refractivity contribution < 1.29 is 9.47 Å². The molecule has 0 radical (unpaired) electrons. The van der Waals surface area contributed by atoms with Gasteiger partial charge in [-0.25, -0.2) is 19.3 Å². The van der Waals surface area contributed by atoms with Crippen molar-refractivity contribution in [3.63, 3.8) is 0 Å². The molecule has 178 valence electrons. The summed E-state index contributed by atoms with van der Waals surface area (Å²) >= 11 is 0. The van der Waals surface area contributed by atoms with E-state index < -0.39 is 0 Å². The molecule has 0 atom stereocenters. The quantitative estimate of drug-likeness (QED) is 0.442. The first-order chi connectivity index (χ1) is 17.2. The Bertz CT molecular complexity index is 1490. The second kappa shape index (κ2) is 8.17. The van der Waals surface area contributed by atoms with Gasteiger partial charge in [-0.1, -0.05) is 6.07 Å². The van der Waals surface area contributed by atoms with Gasteiger partial charge in [0, 0.05) is 30.7 Å². The molecule has 2 fully saturated rings. The van der Waals surface area contributed by atoms with Gasteiger partial charge in [0.05, 0.1) is 24.9 Å². The maximum Gasteiger partial charge on any atom is 0.278 e. The molecule has 3 aromatic heterocycles. The van der Waals surface area contributed by atoms with Gasteiger partial charge in [0.25, 0.3) is 5.56 Å². The van der Waals surface area contributed by atoms with E-state index in [-0.39, 0.29) is 17.7 Å². The van der Waals surface area contributed by atoms with Crippen LogP contribution in [0.25, 0.3) is 16.7 Å². The lowest BCUT2D eigenvalue weighted by Gasteiger charge is -2.26. The number of anilines is 2.